The third kappa shape index (κ3) is 21.1. The monoisotopic (exact) mass is 1680 g/mol. The van der Waals surface area contributed by atoms with Gasteiger partial charge in [-0.15, -0.1) is 0 Å². The molecule has 0 atom stereocenters. The highest BCUT2D eigenvalue weighted by Gasteiger charge is 2.27. The quantitative estimate of drug-likeness (QED) is 0.0593. The highest BCUT2D eigenvalue weighted by molar-refractivity contribution is 9.11. The van der Waals surface area contributed by atoms with Crippen LogP contribution in [0.15, 0.2) is 142 Å². The van der Waals surface area contributed by atoms with Gasteiger partial charge in [-0.2, -0.15) is 15.8 Å². The average Bonchev–Trinajstić information content (AvgIpc) is 1.62. The van der Waals surface area contributed by atoms with E-state index in [4.69, 9.17) is 41.8 Å². The molecule has 0 saturated carbocycles. The van der Waals surface area contributed by atoms with Gasteiger partial charge in [-0.3, -0.25) is 24.0 Å². The van der Waals surface area contributed by atoms with Crippen LogP contribution in [0.2, 0.25) is 4.47 Å². The van der Waals surface area contributed by atoms with E-state index in [0.29, 0.717) is 110 Å². The Hall–Kier alpha value is -8.75. The summed E-state index contributed by atoms with van der Waals surface area (Å²) in [5.74, 6) is -0.197. The van der Waals surface area contributed by atoms with E-state index in [1.165, 1.54) is 56.4 Å². The van der Waals surface area contributed by atoms with Crippen molar-refractivity contribution in [1.29, 1.82) is 15.8 Å². The molecule has 27 heteroatoms. The number of aldehydes is 2. The lowest BCUT2D eigenvalue weighted by molar-refractivity contribution is -0.114. The molecule has 97 heavy (non-hydrogen) atoms. The van der Waals surface area contributed by atoms with E-state index >= 15 is 0 Å². The molecule has 0 spiro atoms. The highest BCUT2D eigenvalue weighted by atomic mass is 79.9. The number of Topliss-reactive ketones (excluding diaryl/α,β-unsaturated/α-hetero) is 3. The summed E-state index contributed by atoms with van der Waals surface area (Å²) in [6.07, 6.45) is 1.27. The number of nitrogens with two attached hydrogens (primary N) is 1. The number of hydrogen-bond acceptors (Lipinski definition) is 19. The van der Waals surface area contributed by atoms with Crippen molar-refractivity contribution in [2.45, 2.75) is 55.4 Å². The van der Waals surface area contributed by atoms with Crippen molar-refractivity contribution < 1.29 is 56.9 Å². The SMILES string of the molecule is CC(=O)CBr.CC(=O)c1oc2c(C)cc(Br)cc2c1N.CC(=O)c1oc2c(C)cc(Br)cc2c1N(C)c1nc(-c2ccc(F)cc2)c(C#N)s1.Cc1cc(Br)cc(C#N)c1O.Cc1cc(Br)cc(C=O)c1O.Cc1cccc(C=O)c1O.N#Cc1sc(Cl)nc1-c1ccc(F)cc1. The summed E-state index contributed by atoms with van der Waals surface area (Å²) in [4.78, 5) is 65.1. The van der Waals surface area contributed by atoms with Gasteiger partial charge in [0.2, 0.25) is 0 Å². The zero-order valence-corrected chi connectivity index (χ0v) is 63.0. The van der Waals surface area contributed by atoms with Crippen molar-refractivity contribution in [3.63, 3.8) is 0 Å². The average molecular weight is 1690 g/mol. The Bertz CT molecular complexity index is 4890. The molecular formula is C70H55Br5ClF2N7O10S2. The molecule has 0 fully saturated rings. The van der Waals surface area contributed by atoms with Crippen LogP contribution in [-0.2, 0) is 4.79 Å². The predicted molar refractivity (Wildman–Crippen MR) is 393 cm³/mol. The molecule has 0 unspecified atom stereocenters. The molecule has 498 valence electrons. The number of ketones is 3. The minimum absolute atomic E-state index is 0.0585. The fraction of sp³-hybridized carbons (Fsp3) is 0.143. The number of furan rings is 2. The minimum atomic E-state index is -0.359. The number of fused-ring (bicyclic) bond motifs is 2. The highest BCUT2D eigenvalue weighted by Crippen LogP contribution is 2.43. The van der Waals surface area contributed by atoms with Crippen LogP contribution in [0.4, 0.5) is 25.3 Å². The number of benzene rings is 7. The van der Waals surface area contributed by atoms with Crippen LogP contribution >= 0.6 is 114 Å². The van der Waals surface area contributed by atoms with Gasteiger partial charge in [0.05, 0.1) is 27.7 Å². The molecule has 4 heterocycles. The first-order chi connectivity index (χ1) is 45.8. The van der Waals surface area contributed by atoms with Gasteiger partial charge in [0.15, 0.2) is 45.3 Å². The Labute approximate surface area is 611 Å². The molecule has 11 aromatic rings. The van der Waals surface area contributed by atoms with Crippen LogP contribution in [0.25, 0.3) is 44.5 Å². The number of hydrogen-bond donors (Lipinski definition) is 4. The van der Waals surface area contributed by atoms with Gasteiger partial charge in [0.25, 0.3) is 0 Å². The lowest BCUT2D eigenvalue weighted by Gasteiger charge is -2.15. The van der Waals surface area contributed by atoms with E-state index in [2.05, 4.69) is 95.7 Å². The zero-order chi connectivity index (χ0) is 72.3. The first-order valence-corrected chi connectivity index (χ1v) is 34.2. The molecule has 11 rings (SSSR count). The summed E-state index contributed by atoms with van der Waals surface area (Å²) in [5, 5.41) is 57.2. The Balaban J connectivity index is 0.000000218. The van der Waals surface area contributed by atoms with E-state index in [1.807, 2.05) is 50.3 Å². The van der Waals surface area contributed by atoms with Crippen LogP contribution in [0, 0.1) is 80.2 Å². The molecule has 17 nitrogen and oxygen atoms in total. The lowest BCUT2D eigenvalue weighted by Crippen LogP contribution is -2.11. The third-order valence-corrected chi connectivity index (χ3v) is 17.9. The molecule has 4 aromatic heterocycles. The van der Waals surface area contributed by atoms with Gasteiger partial charge < -0.3 is 34.8 Å². The second kappa shape index (κ2) is 36.6. The van der Waals surface area contributed by atoms with Gasteiger partial charge in [-0.25, -0.2) is 18.7 Å². The number of aryl methyl sites for hydroxylation is 5. The second-order valence-electron chi connectivity index (χ2n) is 20.5. The standard InChI is InChI=1S/C22H15BrFN3O2S.C11H10BrNO2.C10H4ClFN2S.C8H6BrNO.C8H7BrO2.C8H8O2.C3H5BrO/c1-11-8-14(23)9-16-19(21(12(2)28)29-20(11)16)27(3)22-26-18(17(10-25)30-22)13-4-6-15(24)7-5-13;1-5-3-7(12)4-8-9(13)11(6(2)14)15-10(5)8;11-10-14-9(8(5-13)15-10)6-1-3-7(12)4-2-6;2*1-5-2-7(9)3-6(4-10)8(5)11;1-6-3-2-4-7(5-9)8(6)10;1-3(5)2-4/h4-9H,1-3H3;3-4H,13H2,1-2H3;1-4H;2-3,11H,1H3;2-4,11H,1H3;2-5,10H,1H3;2H2,1H3. The molecule has 0 bridgehead atoms. The topological polar surface area (TPSA) is 299 Å². The number of aromatic hydroxyl groups is 3. The smallest absolute Gasteiger partial charge is 0.197 e. The molecule has 0 aliphatic heterocycles. The number of carbonyl (C=O) groups excluding carboxylic acids is 5. The lowest BCUT2D eigenvalue weighted by atomic mass is 10.1. The molecular weight excluding hydrogens is 1640 g/mol. The number of halogens is 8. The number of nitriles is 3. The van der Waals surface area contributed by atoms with E-state index < -0.39 is 0 Å². The van der Waals surface area contributed by atoms with Crippen LogP contribution in [-0.4, -0.2) is 67.6 Å². The van der Waals surface area contributed by atoms with Crippen molar-refractivity contribution in [3.05, 3.63) is 215 Å². The van der Waals surface area contributed by atoms with Crippen LogP contribution in [0.5, 0.6) is 17.2 Å². The van der Waals surface area contributed by atoms with Gasteiger partial charge >= 0.3 is 0 Å². The van der Waals surface area contributed by atoms with Gasteiger partial charge in [-0.1, -0.05) is 126 Å². The molecule has 0 aliphatic carbocycles. The van der Waals surface area contributed by atoms with Crippen molar-refractivity contribution in [3.8, 4) is 58.0 Å². The van der Waals surface area contributed by atoms with E-state index in [1.54, 1.807) is 99.4 Å². The number of carbonyl (C=O) groups is 5. The number of para-hydroxylation sites is 1. The summed E-state index contributed by atoms with van der Waals surface area (Å²) in [7, 11) is 1.78. The number of anilines is 3. The van der Waals surface area contributed by atoms with Gasteiger partial charge in [-0.05, 0) is 172 Å². The number of nitrogens with zero attached hydrogens (tertiary/aromatic N) is 6. The summed E-state index contributed by atoms with van der Waals surface area (Å²) in [6.45, 7) is 13.5. The number of aromatic nitrogens is 2. The van der Waals surface area contributed by atoms with E-state index in [0.717, 1.165) is 56.7 Å². The molecule has 0 radical (unpaired) electrons. The normalized spacial score (nSPS) is 10.1. The zero-order valence-electron chi connectivity index (χ0n) is 52.6. The predicted octanol–water partition coefficient (Wildman–Crippen LogP) is 20.5. The Morgan fingerprint density at radius 1 is 0.598 bits per heavy atom. The first-order valence-electron chi connectivity index (χ1n) is 27.9. The molecule has 5 N–H and O–H groups in total. The Morgan fingerprint density at radius 2 is 1.03 bits per heavy atom. The van der Waals surface area contributed by atoms with Gasteiger partial charge in [0.1, 0.15) is 90.9 Å². The van der Waals surface area contributed by atoms with Crippen molar-refractivity contribution >= 4 is 182 Å². The fourth-order valence-corrected chi connectivity index (χ4v) is 12.6. The number of alkyl halides is 1. The van der Waals surface area contributed by atoms with Crippen molar-refractivity contribution in [2.24, 2.45) is 0 Å². The summed E-state index contributed by atoms with van der Waals surface area (Å²) in [6, 6.07) is 37.0. The van der Waals surface area contributed by atoms with E-state index in [9.17, 15) is 48.2 Å². The van der Waals surface area contributed by atoms with Crippen LogP contribution in [0.1, 0.15) is 106 Å². The Morgan fingerprint density at radius 3 is 1.51 bits per heavy atom. The second-order valence-corrected chi connectivity index (χ2v) is 27.3. The van der Waals surface area contributed by atoms with Gasteiger partial charge in [0, 0.05) is 60.7 Å². The van der Waals surface area contributed by atoms with Crippen LogP contribution in [0.3, 0.4) is 0 Å². The molecule has 0 saturated heterocycles. The number of thiazole rings is 2. The Kier molecular flexibility index (Phi) is 29.8. The minimum Gasteiger partial charge on any atom is -0.507 e. The fourth-order valence-electron chi connectivity index (χ4n) is 8.54. The molecule has 0 aliphatic rings. The summed E-state index contributed by atoms with van der Waals surface area (Å²) in [5.41, 5.74) is 15.4. The summed E-state index contributed by atoms with van der Waals surface area (Å²) < 4.78 is 41.1. The number of rotatable bonds is 9. The molecule has 0 amide bonds. The number of phenols is 3. The van der Waals surface area contributed by atoms with Crippen LogP contribution < -0.4 is 10.6 Å². The molecule has 7 aromatic carbocycles. The summed E-state index contributed by atoms with van der Waals surface area (Å²) >= 11 is 24.3. The maximum Gasteiger partial charge on any atom is 0.197 e. The number of phenolic OH excluding ortho intramolecular Hbond substituents is 3. The van der Waals surface area contributed by atoms with E-state index in [-0.39, 0.29) is 57.8 Å². The largest absolute Gasteiger partial charge is 0.507 e. The number of nitrogen functional groups attached to an aromatic ring is 1. The first kappa shape index (κ1) is 78.9. The maximum absolute atomic E-state index is 13.3. The third-order valence-electron chi connectivity index (χ3n) is 13.2. The maximum atomic E-state index is 13.3. The van der Waals surface area contributed by atoms with Crippen molar-refractivity contribution in [1.82, 2.24) is 9.97 Å². The van der Waals surface area contributed by atoms with Crippen molar-refractivity contribution in [2.75, 3.05) is 23.0 Å².